The number of hydrogen-bond donors (Lipinski definition) is 2. The number of anilines is 1. The van der Waals surface area contributed by atoms with Crippen molar-refractivity contribution < 1.29 is 9.53 Å². The summed E-state index contributed by atoms with van der Waals surface area (Å²) < 4.78 is 5.54. The van der Waals surface area contributed by atoms with Gasteiger partial charge in [0.1, 0.15) is 5.75 Å². The van der Waals surface area contributed by atoms with Crippen LogP contribution in [0.25, 0.3) is 0 Å². The van der Waals surface area contributed by atoms with Crippen LogP contribution in [0.5, 0.6) is 5.75 Å². The summed E-state index contributed by atoms with van der Waals surface area (Å²) in [6.45, 7) is 4.81. The topological polar surface area (TPSA) is 64.3 Å². The van der Waals surface area contributed by atoms with Gasteiger partial charge >= 0.3 is 0 Å². The molecule has 1 aromatic carbocycles. The Morgan fingerprint density at radius 1 is 1.47 bits per heavy atom. The van der Waals surface area contributed by atoms with Gasteiger partial charge in [-0.05, 0) is 18.1 Å². The number of carbonyl (C=O) groups is 1. The van der Waals surface area contributed by atoms with E-state index < -0.39 is 0 Å². The van der Waals surface area contributed by atoms with Crippen molar-refractivity contribution in [3.8, 4) is 5.75 Å². The van der Waals surface area contributed by atoms with Gasteiger partial charge in [0.05, 0.1) is 13.2 Å². The lowest BCUT2D eigenvalue weighted by molar-refractivity contribution is -0.114. The summed E-state index contributed by atoms with van der Waals surface area (Å²) in [6.07, 6.45) is 0. The molecule has 96 valence electrons. The molecule has 0 heterocycles. The Labute approximate surface area is 108 Å². The second kappa shape index (κ2) is 7.92. The van der Waals surface area contributed by atoms with Crippen molar-refractivity contribution in [2.75, 3.05) is 18.5 Å². The van der Waals surface area contributed by atoms with Gasteiger partial charge in [0.2, 0.25) is 5.91 Å². The molecular weight excluding hydrogens is 240 g/mol. The maximum absolute atomic E-state index is 11.1. The number of nitrogens with two attached hydrogens (primary N) is 1. The van der Waals surface area contributed by atoms with E-state index in [1.54, 1.807) is 12.1 Å². The molecule has 3 N–H and O–H groups in total. The molecule has 0 aliphatic heterocycles. The van der Waals surface area contributed by atoms with Gasteiger partial charge in [-0.15, -0.1) is 12.4 Å². The van der Waals surface area contributed by atoms with Crippen molar-refractivity contribution in [2.45, 2.75) is 13.8 Å². The predicted molar refractivity (Wildman–Crippen MR) is 71.7 cm³/mol. The van der Waals surface area contributed by atoms with Crippen LogP contribution in [0.4, 0.5) is 5.69 Å². The smallest absolute Gasteiger partial charge is 0.238 e. The molecule has 4 nitrogen and oxygen atoms in total. The van der Waals surface area contributed by atoms with E-state index in [-0.39, 0.29) is 24.9 Å². The Bertz CT molecular complexity index is 356. The summed E-state index contributed by atoms with van der Waals surface area (Å²) in [4.78, 5) is 11.1. The molecule has 17 heavy (non-hydrogen) atoms. The van der Waals surface area contributed by atoms with E-state index in [1.165, 1.54) is 0 Å². The Hall–Kier alpha value is -1.26. The molecule has 0 atom stereocenters. The van der Waals surface area contributed by atoms with Crippen LogP contribution in [0, 0.1) is 5.92 Å². The molecule has 0 saturated carbocycles. The third-order valence-electron chi connectivity index (χ3n) is 1.89. The fraction of sp³-hybridized carbons (Fsp3) is 0.417. The van der Waals surface area contributed by atoms with E-state index in [0.29, 0.717) is 18.2 Å². The predicted octanol–water partition coefficient (Wildman–Crippen LogP) is 2.04. The minimum absolute atomic E-state index is 0. The number of amides is 1. The second-order valence-electron chi connectivity index (χ2n) is 3.98. The van der Waals surface area contributed by atoms with E-state index >= 15 is 0 Å². The maximum atomic E-state index is 11.1. The number of carbonyl (C=O) groups excluding carboxylic acids is 1. The van der Waals surface area contributed by atoms with Gasteiger partial charge in [0.25, 0.3) is 0 Å². The molecular formula is C12H19ClN2O2. The van der Waals surface area contributed by atoms with Gasteiger partial charge in [-0.1, -0.05) is 19.9 Å². The molecule has 0 aliphatic carbocycles. The van der Waals surface area contributed by atoms with Crippen LogP contribution in [-0.4, -0.2) is 19.1 Å². The molecule has 0 aromatic heterocycles. The second-order valence-corrected chi connectivity index (χ2v) is 3.98. The van der Waals surface area contributed by atoms with Gasteiger partial charge in [0, 0.05) is 11.8 Å². The van der Waals surface area contributed by atoms with E-state index in [0.717, 1.165) is 5.75 Å². The molecule has 0 unspecified atom stereocenters. The third kappa shape index (κ3) is 6.14. The lowest BCUT2D eigenvalue weighted by Crippen LogP contribution is -2.21. The summed E-state index contributed by atoms with van der Waals surface area (Å²) in [7, 11) is 0. The van der Waals surface area contributed by atoms with Crippen LogP contribution in [0.15, 0.2) is 24.3 Å². The van der Waals surface area contributed by atoms with Crippen LogP contribution in [0.3, 0.4) is 0 Å². The number of halogens is 1. The minimum atomic E-state index is -0.207. The van der Waals surface area contributed by atoms with Crippen molar-refractivity contribution in [3.63, 3.8) is 0 Å². The van der Waals surface area contributed by atoms with E-state index in [2.05, 4.69) is 19.2 Å². The molecule has 0 fully saturated rings. The largest absolute Gasteiger partial charge is 0.493 e. The van der Waals surface area contributed by atoms with Crippen molar-refractivity contribution >= 4 is 24.0 Å². The Morgan fingerprint density at radius 3 is 2.76 bits per heavy atom. The molecule has 0 spiro atoms. The number of hydrogen-bond acceptors (Lipinski definition) is 3. The van der Waals surface area contributed by atoms with Crippen LogP contribution in [0.2, 0.25) is 0 Å². The number of benzene rings is 1. The SMILES string of the molecule is CC(C)COc1cccc(NC(=O)CN)c1.Cl. The lowest BCUT2D eigenvalue weighted by Gasteiger charge is -2.10. The van der Waals surface area contributed by atoms with Gasteiger partial charge in [0.15, 0.2) is 0 Å². The molecule has 1 rings (SSSR count). The molecule has 0 bridgehead atoms. The highest BCUT2D eigenvalue weighted by Gasteiger charge is 2.01. The highest BCUT2D eigenvalue weighted by atomic mass is 35.5. The van der Waals surface area contributed by atoms with Crippen LogP contribution < -0.4 is 15.8 Å². The Balaban J connectivity index is 0.00000256. The maximum Gasteiger partial charge on any atom is 0.238 e. The Kier molecular flexibility index (Phi) is 7.34. The highest BCUT2D eigenvalue weighted by Crippen LogP contribution is 2.17. The zero-order chi connectivity index (χ0) is 12.0. The molecule has 1 aromatic rings. The summed E-state index contributed by atoms with van der Waals surface area (Å²) in [5.74, 6) is 1.02. The van der Waals surface area contributed by atoms with Crippen LogP contribution >= 0.6 is 12.4 Å². The average Bonchev–Trinajstić information content (AvgIpc) is 2.26. The third-order valence-corrected chi connectivity index (χ3v) is 1.89. The molecule has 1 amide bonds. The van der Waals surface area contributed by atoms with Gasteiger partial charge in [-0.25, -0.2) is 0 Å². The molecule has 0 saturated heterocycles. The van der Waals surface area contributed by atoms with Crippen molar-refractivity contribution in [1.29, 1.82) is 0 Å². The summed E-state index contributed by atoms with van der Waals surface area (Å²) in [5.41, 5.74) is 5.92. The van der Waals surface area contributed by atoms with Crippen LogP contribution in [-0.2, 0) is 4.79 Å². The van der Waals surface area contributed by atoms with Crippen molar-refractivity contribution in [2.24, 2.45) is 11.7 Å². The average molecular weight is 259 g/mol. The van der Waals surface area contributed by atoms with Crippen molar-refractivity contribution in [3.05, 3.63) is 24.3 Å². The van der Waals surface area contributed by atoms with E-state index in [9.17, 15) is 4.79 Å². The lowest BCUT2D eigenvalue weighted by atomic mass is 10.2. The fourth-order valence-corrected chi connectivity index (χ4v) is 1.14. The van der Waals surface area contributed by atoms with E-state index in [1.807, 2.05) is 12.1 Å². The van der Waals surface area contributed by atoms with Crippen molar-refractivity contribution in [1.82, 2.24) is 0 Å². The molecule has 5 heteroatoms. The minimum Gasteiger partial charge on any atom is -0.493 e. The van der Waals surface area contributed by atoms with E-state index in [4.69, 9.17) is 10.5 Å². The van der Waals surface area contributed by atoms with Gasteiger partial charge in [-0.2, -0.15) is 0 Å². The zero-order valence-corrected chi connectivity index (χ0v) is 10.9. The van der Waals surface area contributed by atoms with Gasteiger partial charge < -0.3 is 15.8 Å². The first kappa shape index (κ1) is 15.7. The van der Waals surface area contributed by atoms with Crippen LogP contribution in [0.1, 0.15) is 13.8 Å². The number of nitrogens with one attached hydrogen (secondary N) is 1. The standard InChI is InChI=1S/C12H18N2O2.ClH/c1-9(2)8-16-11-5-3-4-10(6-11)14-12(15)7-13;/h3-6,9H,7-8,13H2,1-2H3,(H,14,15);1H. The molecule has 0 radical (unpaired) electrons. The summed E-state index contributed by atoms with van der Waals surface area (Å²) >= 11 is 0. The quantitative estimate of drug-likeness (QED) is 0.850. The first-order chi connectivity index (χ1) is 7.61. The number of ether oxygens (including phenoxy) is 1. The molecule has 0 aliphatic rings. The fourth-order valence-electron chi connectivity index (χ4n) is 1.14. The first-order valence-electron chi connectivity index (χ1n) is 5.34. The first-order valence-corrected chi connectivity index (χ1v) is 5.34. The normalized spacial score (nSPS) is 9.65. The van der Waals surface area contributed by atoms with Gasteiger partial charge in [-0.3, -0.25) is 4.79 Å². The summed E-state index contributed by atoms with van der Waals surface area (Å²) in [5, 5.41) is 2.68. The zero-order valence-electron chi connectivity index (χ0n) is 10.1. The summed E-state index contributed by atoms with van der Waals surface area (Å²) in [6, 6.07) is 7.29. The highest BCUT2D eigenvalue weighted by molar-refractivity contribution is 5.92. The monoisotopic (exact) mass is 258 g/mol. The number of rotatable bonds is 5. The Morgan fingerprint density at radius 2 is 2.18 bits per heavy atom.